The van der Waals surface area contributed by atoms with Crippen LogP contribution in [-0.2, 0) is 4.79 Å². The molecule has 0 atom stereocenters. The Morgan fingerprint density at radius 3 is 1.58 bits per heavy atom. The number of Topliss-reactive ketones (excluding diaryl/α,β-unsaturated/α-hetero) is 2. The van der Waals surface area contributed by atoms with E-state index in [9.17, 15) is 14.7 Å². The zero-order chi connectivity index (χ0) is 15.2. The molecule has 0 aliphatic heterocycles. The average Bonchev–Trinajstić information content (AvgIpc) is 2.26. The summed E-state index contributed by atoms with van der Waals surface area (Å²) in [5.74, 6) is -0.101. The van der Waals surface area contributed by atoms with Crippen LogP contribution in [0.15, 0.2) is 30.8 Å². The summed E-state index contributed by atoms with van der Waals surface area (Å²) in [6.45, 7) is 11.8. The first-order valence-electron chi connectivity index (χ1n) is 6.06. The first kappa shape index (κ1) is 17.3. The summed E-state index contributed by atoms with van der Waals surface area (Å²) in [5.41, 5.74) is 1.16. The predicted molar refractivity (Wildman–Crippen MR) is 78.1 cm³/mol. The van der Waals surface area contributed by atoms with Gasteiger partial charge in [-0.1, -0.05) is 36.4 Å². The molecule has 3 nitrogen and oxygen atoms in total. The topological polar surface area (TPSA) is 54.4 Å². The SMILES string of the molecule is C=C(C)c1ccc(C(=O)C(C)(C)O)cc1.CC(C)=O. The third kappa shape index (κ3) is 6.67. The molecule has 1 N–H and O–H groups in total. The van der Waals surface area contributed by atoms with Gasteiger partial charge in [0.1, 0.15) is 11.4 Å². The summed E-state index contributed by atoms with van der Waals surface area (Å²) in [4.78, 5) is 21.1. The van der Waals surface area contributed by atoms with Crippen LogP contribution < -0.4 is 0 Å². The van der Waals surface area contributed by atoms with E-state index in [-0.39, 0.29) is 11.6 Å². The van der Waals surface area contributed by atoms with Crippen LogP contribution >= 0.6 is 0 Å². The molecule has 0 amide bonds. The third-order valence-corrected chi connectivity index (χ3v) is 2.20. The fraction of sp³-hybridized carbons (Fsp3) is 0.375. The van der Waals surface area contributed by atoms with Crippen LogP contribution in [0.3, 0.4) is 0 Å². The van der Waals surface area contributed by atoms with E-state index in [1.165, 1.54) is 27.7 Å². The smallest absolute Gasteiger partial charge is 0.193 e. The van der Waals surface area contributed by atoms with Crippen molar-refractivity contribution in [2.75, 3.05) is 0 Å². The van der Waals surface area contributed by atoms with Crippen LogP contribution in [0.2, 0.25) is 0 Å². The normalized spacial score (nSPS) is 10.2. The van der Waals surface area contributed by atoms with Crippen molar-refractivity contribution in [1.29, 1.82) is 0 Å². The van der Waals surface area contributed by atoms with Gasteiger partial charge in [-0.25, -0.2) is 0 Å². The minimum Gasteiger partial charge on any atom is -0.382 e. The monoisotopic (exact) mass is 262 g/mol. The molecule has 0 saturated heterocycles. The Morgan fingerprint density at radius 2 is 1.32 bits per heavy atom. The molecule has 0 unspecified atom stereocenters. The summed E-state index contributed by atoms with van der Waals surface area (Å²) < 4.78 is 0. The highest BCUT2D eigenvalue weighted by Crippen LogP contribution is 2.16. The van der Waals surface area contributed by atoms with Crippen molar-refractivity contribution < 1.29 is 14.7 Å². The van der Waals surface area contributed by atoms with Gasteiger partial charge >= 0.3 is 0 Å². The molecule has 0 aliphatic rings. The fourth-order valence-corrected chi connectivity index (χ4v) is 1.26. The molecular weight excluding hydrogens is 240 g/mol. The van der Waals surface area contributed by atoms with Crippen molar-refractivity contribution in [3.8, 4) is 0 Å². The predicted octanol–water partition coefficient (Wildman–Crippen LogP) is 3.27. The molecule has 1 aromatic carbocycles. The van der Waals surface area contributed by atoms with Crippen LogP contribution in [0.1, 0.15) is 50.5 Å². The molecule has 0 bridgehead atoms. The van der Waals surface area contributed by atoms with E-state index in [0.29, 0.717) is 5.56 Å². The minimum absolute atomic E-state index is 0.167. The second kappa shape index (κ2) is 7.00. The highest BCUT2D eigenvalue weighted by atomic mass is 16.3. The van der Waals surface area contributed by atoms with Gasteiger partial charge in [0.2, 0.25) is 0 Å². The summed E-state index contributed by atoms with van der Waals surface area (Å²) in [6.07, 6.45) is 0. The lowest BCUT2D eigenvalue weighted by atomic mass is 9.95. The van der Waals surface area contributed by atoms with Crippen molar-refractivity contribution in [2.24, 2.45) is 0 Å². The Balaban J connectivity index is 0.000000711. The average molecular weight is 262 g/mol. The number of carbonyl (C=O) groups is 2. The van der Waals surface area contributed by atoms with Crippen molar-refractivity contribution in [2.45, 2.75) is 40.2 Å². The van der Waals surface area contributed by atoms with E-state index in [2.05, 4.69) is 6.58 Å². The van der Waals surface area contributed by atoms with Gasteiger partial charge in [0, 0.05) is 5.56 Å². The van der Waals surface area contributed by atoms with Gasteiger partial charge in [0.15, 0.2) is 5.78 Å². The number of rotatable bonds is 3. The standard InChI is InChI=1S/C13H16O2.C3H6O/c1-9(2)10-5-7-11(8-6-10)12(14)13(3,4)15;1-3(2)4/h5-8,15H,1H2,2-4H3;1-2H3. The van der Waals surface area contributed by atoms with E-state index < -0.39 is 5.60 Å². The maximum Gasteiger partial charge on any atom is 0.193 e. The molecule has 0 spiro atoms. The molecule has 104 valence electrons. The van der Waals surface area contributed by atoms with Gasteiger partial charge in [0.05, 0.1) is 0 Å². The van der Waals surface area contributed by atoms with Crippen LogP contribution in [0.25, 0.3) is 5.57 Å². The molecule has 0 heterocycles. The van der Waals surface area contributed by atoms with Gasteiger partial charge in [-0.2, -0.15) is 0 Å². The van der Waals surface area contributed by atoms with Gasteiger partial charge in [0.25, 0.3) is 0 Å². The van der Waals surface area contributed by atoms with Gasteiger partial charge in [-0.3, -0.25) is 4.79 Å². The second-order valence-corrected chi connectivity index (χ2v) is 5.15. The quantitative estimate of drug-likeness (QED) is 0.851. The summed E-state index contributed by atoms with van der Waals surface area (Å²) in [6, 6.07) is 7.09. The second-order valence-electron chi connectivity index (χ2n) is 5.15. The maximum absolute atomic E-state index is 11.7. The first-order valence-corrected chi connectivity index (χ1v) is 6.06. The molecule has 0 aliphatic carbocycles. The maximum atomic E-state index is 11.7. The van der Waals surface area contributed by atoms with Gasteiger partial charge in [-0.05, 0) is 40.2 Å². The Kier molecular flexibility index (Phi) is 6.36. The number of carbonyl (C=O) groups excluding carboxylic acids is 2. The summed E-state index contributed by atoms with van der Waals surface area (Å²) in [5, 5.41) is 9.55. The third-order valence-electron chi connectivity index (χ3n) is 2.20. The van der Waals surface area contributed by atoms with Gasteiger partial charge < -0.3 is 9.90 Å². The van der Waals surface area contributed by atoms with Crippen molar-refractivity contribution in [3.63, 3.8) is 0 Å². The fourth-order valence-electron chi connectivity index (χ4n) is 1.26. The molecular formula is C16H22O3. The lowest BCUT2D eigenvalue weighted by Gasteiger charge is -2.15. The lowest BCUT2D eigenvalue weighted by Crippen LogP contribution is -2.30. The van der Waals surface area contributed by atoms with Crippen LogP contribution in [-0.4, -0.2) is 22.3 Å². The molecule has 19 heavy (non-hydrogen) atoms. The number of hydrogen-bond donors (Lipinski definition) is 1. The highest BCUT2D eigenvalue weighted by Gasteiger charge is 2.24. The van der Waals surface area contributed by atoms with Crippen LogP contribution in [0.5, 0.6) is 0 Å². The zero-order valence-corrected chi connectivity index (χ0v) is 12.3. The summed E-state index contributed by atoms with van der Waals surface area (Å²) >= 11 is 0. The Morgan fingerprint density at radius 1 is 1.00 bits per heavy atom. The number of allylic oxidation sites excluding steroid dienone is 1. The van der Waals surface area contributed by atoms with Crippen LogP contribution in [0.4, 0.5) is 0 Å². The molecule has 0 radical (unpaired) electrons. The molecule has 0 aromatic heterocycles. The number of benzene rings is 1. The first-order chi connectivity index (χ1) is 8.55. The number of aliphatic hydroxyl groups is 1. The van der Waals surface area contributed by atoms with E-state index >= 15 is 0 Å². The van der Waals surface area contributed by atoms with E-state index in [1.54, 1.807) is 12.1 Å². The molecule has 1 rings (SSSR count). The molecule has 3 heteroatoms. The molecule has 0 saturated carbocycles. The Hall–Kier alpha value is -1.74. The summed E-state index contributed by atoms with van der Waals surface area (Å²) in [7, 11) is 0. The van der Waals surface area contributed by atoms with E-state index in [4.69, 9.17) is 0 Å². The number of ketones is 2. The molecule has 0 fully saturated rings. The minimum atomic E-state index is -1.31. The van der Waals surface area contributed by atoms with Crippen molar-refractivity contribution >= 4 is 17.1 Å². The van der Waals surface area contributed by atoms with Crippen molar-refractivity contribution in [1.82, 2.24) is 0 Å². The van der Waals surface area contributed by atoms with Crippen molar-refractivity contribution in [3.05, 3.63) is 42.0 Å². The van der Waals surface area contributed by atoms with Crippen LogP contribution in [0, 0.1) is 0 Å². The van der Waals surface area contributed by atoms with E-state index in [0.717, 1.165) is 11.1 Å². The zero-order valence-electron chi connectivity index (χ0n) is 12.3. The Bertz CT molecular complexity index is 458. The Labute approximate surface area is 115 Å². The number of hydrogen-bond acceptors (Lipinski definition) is 3. The lowest BCUT2D eigenvalue weighted by molar-refractivity contribution is -0.114. The largest absolute Gasteiger partial charge is 0.382 e. The van der Waals surface area contributed by atoms with Gasteiger partial charge in [-0.15, -0.1) is 0 Å². The van der Waals surface area contributed by atoms with E-state index in [1.807, 2.05) is 19.1 Å². The molecule has 1 aromatic rings. The highest BCUT2D eigenvalue weighted by molar-refractivity contribution is 6.01.